The molecular formula is C18H25N3O2. The topological polar surface area (TPSA) is 62.3 Å². The molecule has 1 aliphatic carbocycles. The number of hydrogen-bond donors (Lipinski definition) is 1. The molecule has 3 rings (SSSR count). The molecule has 0 bridgehead atoms. The van der Waals surface area contributed by atoms with E-state index in [-0.39, 0.29) is 23.8 Å². The highest BCUT2D eigenvalue weighted by molar-refractivity contribution is 5.83. The summed E-state index contributed by atoms with van der Waals surface area (Å²) < 4.78 is 0. The fourth-order valence-electron chi connectivity index (χ4n) is 3.49. The number of nitrogens with one attached hydrogen (secondary N) is 1. The highest BCUT2D eigenvalue weighted by atomic mass is 16.2. The Kier molecular flexibility index (Phi) is 4.64. The molecule has 0 saturated carbocycles. The molecule has 1 fully saturated rings. The number of fused-ring (bicyclic) bond motifs is 1. The summed E-state index contributed by atoms with van der Waals surface area (Å²) >= 11 is 0. The number of aromatic nitrogens is 1. The lowest BCUT2D eigenvalue weighted by Crippen LogP contribution is -2.48. The number of likely N-dealkylation sites (tertiary alicyclic amines) is 1. The van der Waals surface area contributed by atoms with Crippen LogP contribution in [0.1, 0.15) is 49.9 Å². The molecule has 1 aromatic heterocycles. The molecule has 1 aromatic rings. The number of carbonyl (C=O) groups is 2. The Labute approximate surface area is 137 Å². The van der Waals surface area contributed by atoms with E-state index in [1.165, 1.54) is 17.7 Å². The van der Waals surface area contributed by atoms with Gasteiger partial charge in [0.1, 0.15) is 0 Å². The zero-order valence-electron chi connectivity index (χ0n) is 14.0. The Hall–Kier alpha value is -1.91. The third kappa shape index (κ3) is 3.54. The lowest BCUT2D eigenvalue weighted by atomic mass is 9.95. The first-order chi connectivity index (χ1) is 11.0. The molecule has 1 aliphatic heterocycles. The van der Waals surface area contributed by atoms with Crippen LogP contribution >= 0.6 is 0 Å². The monoisotopic (exact) mass is 315 g/mol. The molecule has 0 unspecified atom stereocenters. The van der Waals surface area contributed by atoms with Crippen molar-refractivity contribution in [1.82, 2.24) is 15.2 Å². The van der Waals surface area contributed by atoms with E-state index < -0.39 is 0 Å². The van der Waals surface area contributed by atoms with Crippen LogP contribution in [0.3, 0.4) is 0 Å². The normalized spacial score (nSPS) is 20.7. The van der Waals surface area contributed by atoms with E-state index >= 15 is 0 Å². The summed E-state index contributed by atoms with van der Waals surface area (Å²) in [4.78, 5) is 30.6. The molecule has 23 heavy (non-hydrogen) atoms. The fraction of sp³-hybridized carbons (Fsp3) is 0.611. The highest BCUT2D eigenvalue weighted by Crippen LogP contribution is 2.21. The molecule has 5 heteroatoms. The number of hydrogen-bond acceptors (Lipinski definition) is 3. The van der Waals surface area contributed by atoms with Gasteiger partial charge in [0, 0.05) is 37.4 Å². The molecule has 124 valence electrons. The van der Waals surface area contributed by atoms with Gasteiger partial charge in [-0.25, -0.2) is 0 Å². The van der Waals surface area contributed by atoms with Crippen LogP contribution in [0.15, 0.2) is 12.3 Å². The van der Waals surface area contributed by atoms with Gasteiger partial charge < -0.3 is 10.2 Å². The average Bonchev–Trinajstić information content (AvgIpc) is 3.00. The summed E-state index contributed by atoms with van der Waals surface area (Å²) in [6.45, 7) is 5.04. The molecule has 2 amide bonds. The van der Waals surface area contributed by atoms with Crippen LogP contribution in [-0.4, -0.2) is 34.3 Å². The molecule has 1 N–H and O–H groups in total. The number of pyridine rings is 1. The molecule has 5 nitrogen and oxygen atoms in total. The van der Waals surface area contributed by atoms with Gasteiger partial charge in [-0.1, -0.05) is 6.07 Å². The minimum atomic E-state index is -0.0995. The summed E-state index contributed by atoms with van der Waals surface area (Å²) in [5.74, 6) is 0.105. The lowest BCUT2D eigenvalue weighted by Gasteiger charge is -2.34. The van der Waals surface area contributed by atoms with Crippen LogP contribution in [0.2, 0.25) is 0 Å². The van der Waals surface area contributed by atoms with Crippen molar-refractivity contribution in [2.45, 2.75) is 58.5 Å². The Morgan fingerprint density at radius 1 is 1.39 bits per heavy atom. The maximum atomic E-state index is 12.4. The van der Waals surface area contributed by atoms with E-state index in [2.05, 4.69) is 16.4 Å². The molecule has 0 radical (unpaired) electrons. The Balaban J connectivity index is 1.56. The summed E-state index contributed by atoms with van der Waals surface area (Å²) in [7, 11) is 0. The van der Waals surface area contributed by atoms with Crippen molar-refractivity contribution in [2.24, 2.45) is 5.92 Å². The predicted octanol–water partition coefficient (Wildman–Crippen LogP) is 1.83. The van der Waals surface area contributed by atoms with Gasteiger partial charge >= 0.3 is 0 Å². The van der Waals surface area contributed by atoms with Gasteiger partial charge in [0.15, 0.2) is 0 Å². The first-order valence-electron chi connectivity index (χ1n) is 8.58. The number of piperidine rings is 1. The number of aryl methyl sites for hydroxylation is 2. The van der Waals surface area contributed by atoms with Gasteiger partial charge in [-0.3, -0.25) is 14.6 Å². The van der Waals surface area contributed by atoms with Crippen molar-refractivity contribution in [3.8, 4) is 0 Å². The second kappa shape index (κ2) is 6.69. The van der Waals surface area contributed by atoms with E-state index in [0.717, 1.165) is 18.4 Å². The van der Waals surface area contributed by atoms with Crippen LogP contribution in [-0.2, 0) is 29.0 Å². The minimum absolute atomic E-state index is 0.0450. The summed E-state index contributed by atoms with van der Waals surface area (Å²) in [6.07, 6.45) is 6.34. The van der Waals surface area contributed by atoms with Crippen molar-refractivity contribution in [1.29, 1.82) is 0 Å². The fourth-order valence-corrected chi connectivity index (χ4v) is 3.49. The SMILES string of the molecule is CC(C)N1C[C@@H](C(=O)NCc2cnc3c(c2)CCC3)CCC1=O. The van der Waals surface area contributed by atoms with Gasteiger partial charge in [0.25, 0.3) is 0 Å². The number of carbonyl (C=O) groups excluding carboxylic acids is 2. The molecule has 1 atom stereocenters. The van der Waals surface area contributed by atoms with Crippen LogP contribution in [0, 0.1) is 5.92 Å². The second-order valence-corrected chi connectivity index (χ2v) is 6.90. The predicted molar refractivity (Wildman–Crippen MR) is 87.7 cm³/mol. The number of amides is 2. The molecule has 0 aromatic carbocycles. The minimum Gasteiger partial charge on any atom is -0.352 e. The standard InChI is InChI=1S/C18H25N3O2/c1-12(2)21-11-15(6-7-17(21)22)18(23)20-10-13-8-14-4-3-5-16(14)19-9-13/h8-9,12,15H,3-7,10-11H2,1-2H3,(H,20,23)/t15-/m0/s1. The van der Waals surface area contributed by atoms with Crippen LogP contribution < -0.4 is 5.32 Å². The molecule has 0 spiro atoms. The van der Waals surface area contributed by atoms with E-state index in [1.54, 1.807) is 0 Å². The van der Waals surface area contributed by atoms with Gasteiger partial charge in [-0.05, 0) is 50.7 Å². The van der Waals surface area contributed by atoms with E-state index in [4.69, 9.17) is 0 Å². The van der Waals surface area contributed by atoms with Gasteiger partial charge in [-0.2, -0.15) is 0 Å². The summed E-state index contributed by atoms with van der Waals surface area (Å²) in [5, 5.41) is 3.02. The largest absolute Gasteiger partial charge is 0.352 e. The molecule has 2 aliphatic rings. The van der Waals surface area contributed by atoms with Crippen LogP contribution in [0.5, 0.6) is 0 Å². The number of nitrogens with zero attached hydrogens (tertiary/aromatic N) is 2. The smallest absolute Gasteiger partial charge is 0.225 e. The first-order valence-corrected chi connectivity index (χ1v) is 8.58. The van der Waals surface area contributed by atoms with Crippen LogP contribution in [0.4, 0.5) is 0 Å². The second-order valence-electron chi connectivity index (χ2n) is 6.90. The van der Waals surface area contributed by atoms with Crippen molar-refractivity contribution in [3.05, 3.63) is 29.1 Å². The quantitative estimate of drug-likeness (QED) is 0.922. The van der Waals surface area contributed by atoms with E-state index in [9.17, 15) is 9.59 Å². The molecule has 2 heterocycles. The Bertz CT molecular complexity index is 612. The van der Waals surface area contributed by atoms with Crippen molar-refractivity contribution in [2.75, 3.05) is 6.54 Å². The molecule has 1 saturated heterocycles. The van der Waals surface area contributed by atoms with Crippen molar-refractivity contribution in [3.63, 3.8) is 0 Å². The van der Waals surface area contributed by atoms with E-state index in [0.29, 0.717) is 25.9 Å². The Morgan fingerprint density at radius 3 is 3.00 bits per heavy atom. The first kappa shape index (κ1) is 16.0. The third-order valence-electron chi connectivity index (χ3n) is 4.88. The molecular weight excluding hydrogens is 290 g/mol. The zero-order chi connectivity index (χ0) is 16.4. The van der Waals surface area contributed by atoms with Crippen molar-refractivity contribution >= 4 is 11.8 Å². The van der Waals surface area contributed by atoms with Crippen LogP contribution in [0.25, 0.3) is 0 Å². The maximum absolute atomic E-state index is 12.4. The summed E-state index contributed by atoms with van der Waals surface area (Å²) in [6, 6.07) is 2.32. The van der Waals surface area contributed by atoms with Gasteiger partial charge in [-0.15, -0.1) is 0 Å². The average molecular weight is 315 g/mol. The number of rotatable bonds is 4. The van der Waals surface area contributed by atoms with Crippen molar-refractivity contribution < 1.29 is 9.59 Å². The Morgan fingerprint density at radius 2 is 2.22 bits per heavy atom. The summed E-state index contributed by atoms with van der Waals surface area (Å²) in [5.41, 5.74) is 3.59. The van der Waals surface area contributed by atoms with Gasteiger partial charge in [0.05, 0.1) is 5.92 Å². The lowest BCUT2D eigenvalue weighted by molar-refractivity contribution is -0.140. The van der Waals surface area contributed by atoms with E-state index in [1.807, 2.05) is 24.9 Å². The third-order valence-corrected chi connectivity index (χ3v) is 4.88. The van der Waals surface area contributed by atoms with Gasteiger partial charge in [0.2, 0.25) is 11.8 Å². The maximum Gasteiger partial charge on any atom is 0.225 e. The zero-order valence-corrected chi connectivity index (χ0v) is 14.0. The highest BCUT2D eigenvalue weighted by Gasteiger charge is 2.31.